The van der Waals surface area contributed by atoms with E-state index in [4.69, 9.17) is 0 Å². The minimum atomic E-state index is -1.04. The minimum absolute atomic E-state index is 0.139. The van der Waals surface area contributed by atoms with Gasteiger partial charge < -0.3 is 10.2 Å². The Morgan fingerprint density at radius 2 is 2.11 bits per heavy atom. The Kier molecular flexibility index (Phi) is 3.65. The Morgan fingerprint density at radius 1 is 1.44 bits per heavy atom. The van der Waals surface area contributed by atoms with Crippen LogP contribution in [0, 0.1) is 23.2 Å². The number of Topliss-reactive ketones (excluding diaryl/α,β-unsaturated/α-hetero) is 1. The molecule has 0 bridgehead atoms. The first-order valence-electron chi connectivity index (χ1n) is 6.87. The maximum atomic E-state index is 12.2. The number of aliphatic hydroxyl groups is 2. The maximum absolute atomic E-state index is 12.2. The topological polar surface area (TPSA) is 57.5 Å². The zero-order valence-electron chi connectivity index (χ0n) is 11.5. The molecule has 0 spiro atoms. The van der Waals surface area contributed by atoms with Crippen LogP contribution in [0.15, 0.2) is 11.6 Å². The number of carbonyl (C=O) groups excluding carboxylic acids is 1. The molecule has 0 aromatic heterocycles. The van der Waals surface area contributed by atoms with Crippen molar-refractivity contribution in [2.75, 3.05) is 6.61 Å². The molecule has 0 unspecified atom stereocenters. The monoisotopic (exact) mass is 252 g/mol. The molecule has 0 saturated heterocycles. The summed E-state index contributed by atoms with van der Waals surface area (Å²) in [7, 11) is 0. The van der Waals surface area contributed by atoms with E-state index in [9.17, 15) is 15.0 Å². The van der Waals surface area contributed by atoms with E-state index in [-0.39, 0.29) is 29.6 Å². The summed E-state index contributed by atoms with van der Waals surface area (Å²) in [5.41, 5.74) is 1.34. The van der Waals surface area contributed by atoms with Crippen molar-refractivity contribution in [1.82, 2.24) is 0 Å². The first kappa shape index (κ1) is 13.8. The highest BCUT2D eigenvalue weighted by Gasteiger charge is 2.51. The highest BCUT2D eigenvalue weighted by molar-refractivity contribution is 5.87. The van der Waals surface area contributed by atoms with Crippen molar-refractivity contribution < 1.29 is 15.0 Å². The van der Waals surface area contributed by atoms with Crippen LogP contribution in [0.3, 0.4) is 0 Å². The third kappa shape index (κ3) is 2.26. The summed E-state index contributed by atoms with van der Waals surface area (Å²) in [6.07, 6.45) is 3.58. The van der Waals surface area contributed by atoms with Gasteiger partial charge in [0.05, 0.1) is 6.61 Å². The second-order valence-electron chi connectivity index (χ2n) is 6.65. The lowest BCUT2D eigenvalue weighted by Crippen LogP contribution is -2.51. The number of carbonyl (C=O) groups is 1. The van der Waals surface area contributed by atoms with Crippen LogP contribution in [0.2, 0.25) is 0 Å². The Bertz CT molecular complexity index is 370. The summed E-state index contributed by atoms with van der Waals surface area (Å²) < 4.78 is 0. The largest absolute Gasteiger partial charge is 0.396 e. The molecule has 18 heavy (non-hydrogen) atoms. The number of hydrogen-bond acceptors (Lipinski definition) is 3. The molecule has 3 heteroatoms. The fourth-order valence-electron chi connectivity index (χ4n) is 3.82. The zero-order chi connectivity index (χ0) is 13.5. The van der Waals surface area contributed by atoms with Gasteiger partial charge in [0.25, 0.3) is 0 Å². The summed E-state index contributed by atoms with van der Waals surface area (Å²) in [6, 6.07) is 0. The molecule has 102 valence electrons. The molecular formula is C15H24O3. The molecule has 0 radical (unpaired) electrons. The van der Waals surface area contributed by atoms with Crippen LogP contribution in [-0.2, 0) is 4.79 Å². The minimum Gasteiger partial charge on any atom is -0.396 e. The van der Waals surface area contributed by atoms with Gasteiger partial charge in [-0.1, -0.05) is 19.4 Å². The molecule has 1 fully saturated rings. The van der Waals surface area contributed by atoms with E-state index in [1.807, 2.05) is 6.92 Å². The van der Waals surface area contributed by atoms with Gasteiger partial charge in [0.15, 0.2) is 5.78 Å². The second kappa shape index (κ2) is 4.78. The molecule has 2 aliphatic carbocycles. The molecular weight excluding hydrogens is 228 g/mol. The first-order valence-corrected chi connectivity index (χ1v) is 6.87. The Labute approximate surface area is 109 Å². The fraction of sp³-hybridized carbons (Fsp3) is 0.800. The highest BCUT2D eigenvalue weighted by atomic mass is 16.3. The molecule has 1 saturated carbocycles. The van der Waals surface area contributed by atoms with Gasteiger partial charge in [-0.2, -0.15) is 0 Å². The van der Waals surface area contributed by atoms with Crippen LogP contribution >= 0.6 is 0 Å². The standard InChI is InChI=1S/C15H24O3/c1-9-4-5-12-10(7-15(12,2)3)11(8-16)14(18)13(17)6-9/h6,10-13,16-17H,4-5,7-8H2,1-3H3/b9-6-/t10-,11+,12-,13-/m0/s1. The van der Waals surface area contributed by atoms with Crippen molar-refractivity contribution in [2.45, 2.75) is 46.1 Å². The Hall–Kier alpha value is -0.670. The number of fused-ring (bicyclic) bond motifs is 1. The summed E-state index contributed by atoms with van der Waals surface area (Å²) in [6.45, 7) is 6.30. The number of hydrogen-bond donors (Lipinski definition) is 2. The van der Waals surface area contributed by atoms with Gasteiger partial charge in [0.2, 0.25) is 0 Å². The van der Waals surface area contributed by atoms with Crippen molar-refractivity contribution >= 4 is 5.78 Å². The third-order valence-corrected chi connectivity index (χ3v) is 4.94. The molecule has 0 heterocycles. The van der Waals surface area contributed by atoms with Crippen LogP contribution in [0.4, 0.5) is 0 Å². The Balaban J connectivity index is 2.27. The number of allylic oxidation sites excluding steroid dienone is 1. The van der Waals surface area contributed by atoms with Crippen LogP contribution in [-0.4, -0.2) is 28.7 Å². The van der Waals surface area contributed by atoms with E-state index in [1.165, 1.54) is 0 Å². The SMILES string of the molecule is C/C1=C/[C@H](O)C(=O)[C@H](CO)[C@@H]2CC(C)(C)[C@H]2CC1. The van der Waals surface area contributed by atoms with Gasteiger partial charge in [-0.25, -0.2) is 0 Å². The predicted molar refractivity (Wildman–Crippen MR) is 70.0 cm³/mol. The van der Waals surface area contributed by atoms with E-state index < -0.39 is 6.10 Å². The number of ketones is 1. The summed E-state index contributed by atoms with van der Waals surface area (Å²) >= 11 is 0. The van der Waals surface area contributed by atoms with Crippen molar-refractivity contribution in [3.05, 3.63) is 11.6 Å². The van der Waals surface area contributed by atoms with Crippen molar-refractivity contribution in [1.29, 1.82) is 0 Å². The quantitative estimate of drug-likeness (QED) is 0.701. The smallest absolute Gasteiger partial charge is 0.170 e. The normalized spacial score (nSPS) is 42.7. The second-order valence-corrected chi connectivity index (χ2v) is 6.65. The molecule has 4 atom stereocenters. The van der Waals surface area contributed by atoms with Gasteiger partial charge in [-0.05, 0) is 49.5 Å². The van der Waals surface area contributed by atoms with E-state index in [0.29, 0.717) is 5.92 Å². The van der Waals surface area contributed by atoms with E-state index in [1.54, 1.807) is 6.08 Å². The summed E-state index contributed by atoms with van der Waals surface area (Å²) in [5, 5.41) is 19.4. The third-order valence-electron chi connectivity index (χ3n) is 4.94. The van der Waals surface area contributed by atoms with Gasteiger partial charge in [-0.3, -0.25) is 4.79 Å². The molecule has 0 aromatic rings. The van der Waals surface area contributed by atoms with Gasteiger partial charge in [0, 0.05) is 5.92 Å². The summed E-state index contributed by atoms with van der Waals surface area (Å²) in [5.74, 6) is 0.128. The predicted octanol–water partition coefficient (Wildman–Crippen LogP) is 1.93. The van der Waals surface area contributed by atoms with Gasteiger partial charge >= 0.3 is 0 Å². The average Bonchev–Trinajstić information content (AvgIpc) is 2.30. The van der Waals surface area contributed by atoms with E-state index >= 15 is 0 Å². The van der Waals surface area contributed by atoms with Crippen molar-refractivity contribution in [3.63, 3.8) is 0 Å². The van der Waals surface area contributed by atoms with Crippen molar-refractivity contribution in [2.24, 2.45) is 23.2 Å². The molecule has 2 rings (SSSR count). The van der Waals surface area contributed by atoms with Gasteiger partial charge in [-0.15, -0.1) is 0 Å². The lowest BCUT2D eigenvalue weighted by atomic mass is 9.50. The zero-order valence-corrected chi connectivity index (χ0v) is 11.5. The molecule has 0 aromatic carbocycles. The van der Waals surface area contributed by atoms with Crippen molar-refractivity contribution in [3.8, 4) is 0 Å². The number of rotatable bonds is 1. The number of aliphatic hydroxyl groups excluding tert-OH is 2. The first-order chi connectivity index (χ1) is 8.36. The van der Waals surface area contributed by atoms with Crippen LogP contribution < -0.4 is 0 Å². The lowest BCUT2D eigenvalue weighted by molar-refractivity contribution is -0.141. The van der Waals surface area contributed by atoms with Gasteiger partial charge in [0.1, 0.15) is 6.10 Å². The molecule has 2 aliphatic rings. The fourth-order valence-corrected chi connectivity index (χ4v) is 3.82. The van der Waals surface area contributed by atoms with Crippen LogP contribution in [0.5, 0.6) is 0 Å². The maximum Gasteiger partial charge on any atom is 0.170 e. The van der Waals surface area contributed by atoms with E-state index in [0.717, 1.165) is 24.8 Å². The molecule has 0 amide bonds. The molecule has 0 aliphatic heterocycles. The lowest BCUT2D eigenvalue weighted by Gasteiger charge is -2.54. The molecule has 3 nitrogen and oxygen atoms in total. The Morgan fingerprint density at radius 3 is 2.67 bits per heavy atom. The highest BCUT2D eigenvalue weighted by Crippen LogP contribution is 2.56. The molecule has 2 N–H and O–H groups in total. The van der Waals surface area contributed by atoms with Crippen LogP contribution in [0.25, 0.3) is 0 Å². The van der Waals surface area contributed by atoms with Crippen LogP contribution in [0.1, 0.15) is 40.0 Å². The van der Waals surface area contributed by atoms with E-state index in [2.05, 4.69) is 13.8 Å². The summed E-state index contributed by atoms with van der Waals surface area (Å²) in [4.78, 5) is 12.2. The average molecular weight is 252 g/mol.